The number of ether oxygens (including phenoxy) is 1. The van der Waals surface area contributed by atoms with Gasteiger partial charge in [0.15, 0.2) is 11.6 Å². The summed E-state index contributed by atoms with van der Waals surface area (Å²) in [4.78, 5) is 11.0. The minimum absolute atomic E-state index is 0.0409. The number of carbonyl (C=O) groups excluding carboxylic acids is 1. The first-order chi connectivity index (χ1) is 9.62. The van der Waals surface area contributed by atoms with Crippen LogP contribution in [0, 0.1) is 11.6 Å². The van der Waals surface area contributed by atoms with Crippen LogP contribution in [0.25, 0.3) is 0 Å². The Hall–Kier alpha value is -1.25. The van der Waals surface area contributed by atoms with Gasteiger partial charge in [0.2, 0.25) is 0 Å². The number of amides is 1. The lowest BCUT2D eigenvalue weighted by Crippen LogP contribution is -2.29. The molecule has 0 saturated carbocycles. The molecule has 0 atom stereocenters. The molecule has 0 unspecified atom stereocenters. The number of halogens is 3. The third-order valence-electron chi connectivity index (χ3n) is 2.37. The molecular formula is C12H14ClF2NO4S. The van der Waals surface area contributed by atoms with Crippen LogP contribution in [-0.4, -0.2) is 33.6 Å². The molecular weight excluding hydrogens is 328 g/mol. The molecule has 1 N–H and O–H groups in total. The van der Waals surface area contributed by atoms with Crippen molar-refractivity contribution in [3.8, 4) is 0 Å². The Morgan fingerprint density at radius 3 is 2.52 bits per heavy atom. The zero-order valence-corrected chi connectivity index (χ0v) is 12.9. The molecule has 0 radical (unpaired) electrons. The van der Waals surface area contributed by atoms with Gasteiger partial charge in [-0.05, 0) is 26.0 Å². The third kappa shape index (κ3) is 5.22. The van der Waals surface area contributed by atoms with E-state index in [0.717, 1.165) is 0 Å². The van der Waals surface area contributed by atoms with Crippen molar-refractivity contribution in [1.82, 2.24) is 5.32 Å². The molecule has 0 heterocycles. The van der Waals surface area contributed by atoms with Crippen LogP contribution < -0.4 is 5.32 Å². The quantitative estimate of drug-likeness (QED) is 0.635. The van der Waals surface area contributed by atoms with Gasteiger partial charge in [-0.15, -0.1) is 0 Å². The second-order valence-electron chi connectivity index (χ2n) is 4.38. The highest BCUT2D eigenvalue weighted by Gasteiger charge is 2.21. The maximum Gasteiger partial charge on any atom is 0.261 e. The molecule has 0 bridgehead atoms. The third-order valence-corrected chi connectivity index (χ3v) is 3.70. The van der Waals surface area contributed by atoms with Crippen LogP contribution in [0.5, 0.6) is 0 Å². The molecule has 21 heavy (non-hydrogen) atoms. The fourth-order valence-electron chi connectivity index (χ4n) is 1.42. The standard InChI is InChI=1S/C12H14ClF2NO4S/c1-7(2)20-4-3-16-12(17)9-5-8(21(13,18)19)6-10(14)11(9)15/h5-7H,3-4H2,1-2H3,(H,16,17). The van der Waals surface area contributed by atoms with E-state index in [-0.39, 0.29) is 19.3 Å². The predicted octanol–water partition coefficient (Wildman–Crippen LogP) is 2.05. The molecule has 0 fully saturated rings. The molecule has 0 aliphatic heterocycles. The van der Waals surface area contributed by atoms with Crippen LogP contribution >= 0.6 is 10.7 Å². The lowest BCUT2D eigenvalue weighted by atomic mass is 10.2. The van der Waals surface area contributed by atoms with E-state index < -0.39 is 37.1 Å². The van der Waals surface area contributed by atoms with Gasteiger partial charge in [0.25, 0.3) is 15.0 Å². The van der Waals surface area contributed by atoms with Gasteiger partial charge in [-0.25, -0.2) is 17.2 Å². The van der Waals surface area contributed by atoms with Crippen LogP contribution in [0.3, 0.4) is 0 Å². The Kier molecular flexibility index (Phi) is 6.06. The van der Waals surface area contributed by atoms with Crippen molar-refractivity contribution in [2.75, 3.05) is 13.2 Å². The summed E-state index contributed by atoms with van der Waals surface area (Å²) < 4.78 is 54.3. The van der Waals surface area contributed by atoms with Crippen molar-refractivity contribution < 1.29 is 26.7 Å². The summed E-state index contributed by atoms with van der Waals surface area (Å²) in [7, 11) is 0.779. The van der Waals surface area contributed by atoms with E-state index in [9.17, 15) is 22.0 Å². The molecule has 9 heteroatoms. The molecule has 0 saturated heterocycles. The van der Waals surface area contributed by atoms with E-state index in [1.165, 1.54) is 0 Å². The van der Waals surface area contributed by atoms with E-state index in [1.807, 2.05) is 0 Å². The molecule has 5 nitrogen and oxygen atoms in total. The monoisotopic (exact) mass is 341 g/mol. The number of nitrogens with one attached hydrogen (secondary N) is 1. The second-order valence-corrected chi connectivity index (χ2v) is 6.95. The SMILES string of the molecule is CC(C)OCCNC(=O)c1cc(S(=O)(=O)Cl)cc(F)c1F. The summed E-state index contributed by atoms with van der Waals surface area (Å²) >= 11 is 0. The summed E-state index contributed by atoms with van der Waals surface area (Å²) in [5, 5.41) is 2.29. The zero-order valence-electron chi connectivity index (χ0n) is 11.3. The highest BCUT2D eigenvalue weighted by Crippen LogP contribution is 2.21. The van der Waals surface area contributed by atoms with E-state index in [2.05, 4.69) is 5.32 Å². The second kappa shape index (κ2) is 7.15. The summed E-state index contributed by atoms with van der Waals surface area (Å²) in [6.07, 6.45) is -0.0409. The van der Waals surface area contributed by atoms with Gasteiger partial charge < -0.3 is 10.1 Å². The van der Waals surface area contributed by atoms with Crippen molar-refractivity contribution in [1.29, 1.82) is 0 Å². The van der Waals surface area contributed by atoms with Gasteiger partial charge in [-0.3, -0.25) is 4.79 Å². The molecule has 1 aromatic carbocycles. The summed E-state index contributed by atoms with van der Waals surface area (Å²) in [6, 6.07) is 1.09. The Morgan fingerprint density at radius 1 is 1.38 bits per heavy atom. The van der Waals surface area contributed by atoms with Crippen LogP contribution in [0.15, 0.2) is 17.0 Å². The van der Waals surface area contributed by atoms with Crippen molar-refractivity contribution in [3.05, 3.63) is 29.3 Å². The van der Waals surface area contributed by atoms with Gasteiger partial charge in [0, 0.05) is 17.2 Å². The minimum Gasteiger partial charge on any atom is -0.377 e. The lowest BCUT2D eigenvalue weighted by molar-refractivity contribution is 0.0744. The number of hydrogen-bond acceptors (Lipinski definition) is 4. The Balaban J connectivity index is 2.91. The fraction of sp³-hybridized carbons (Fsp3) is 0.417. The number of rotatable bonds is 6. The molecule has 1 rings (SSSR count). The molecule has 1 amide bonds. The first kappa shape index (κ1) is 17.8. The molecule has 0 aliphatic carbocycles. The Labute approximate surface area is 125 Å². The van der Waals surface area contributed by atoms with E-state index >= 15 is 0 Å². The fourth-order valence-corrected chi connectivity index (χ4v) is 2.19. The highest BCUT2D eigenvalue weighted by molar-refractivity contribution is 8.13. The van der Waals surface area contributed by atoms with Crippen LogP contribution in [0.4, 0.5) is 8.78 Å². The van der Waals surface area contributed by atoms with Crippen molar-refractivity contribution in [3.63, 3.8) is 0 Å². The van der Waals surface area contributed by atoms with Gasteiger partial charge in [-0.1, -0.05) is 0 Å². The zero-order chi connectivity index (χ0) is 16.2. The van der Waals surface area contributed by atoms with E-state index in [1.54, 1.807) is 13.8 Å². The van der Waals surface area contributed by atoms with E-state index in [4.69, 9.17) is 15.4 Å². The molecule has 0 spiro atoms. The Morgan fingerprint density at radius 2 is 2.00 bits per heavy atom. The van der Waals surface area contributed by atoms with Crippen molar-refractivity contribution in [2.45, 2.75) is 24.8 Å². The largest absolute Gasteiger partial charge is 0.377 e. The molecule has 118 valence electrons. The van der Waals surface area contributed by atoms with Gasteiger partial charge in [-0.2, -0.15) is 0 Å². The average molecular weight is 342 g/mol. The molecule has 1 aromatic rings. The topological polar surface area (TPSA) is 72.5 Å². The summed E-state index contributed by atoms with van der Waals surface area (Å²) in [5.74, 6) is -3.87. The van der Waals surface area contributed by atoms with Gasteiger partial charge in [0.05, 0.1) is 23.2 Å². The smallest absolute Gasteiger partial charge is 0.261 e. The van der Waals surface area contributed by atoms with Gasteiger partial charge >= 0.3 is 0 Å². The number of hydrogen-bond donors (Lipinski definition) is 1. The first-order valence-electron chi connectivity index (χ1n) is 5.96. The van der Waals surface area contributed by atoms with Crippen LogP contribution in [0.2, 0.25) is 0 Å². The van der Waals surface area contributed by atoms with E-state index in [0.29, 0.717) is 12.1 Å². The van der Waals surface area contributed by atoms with Crippen LogP contribution in [-0.2, 0) is 13.8 Å². The Bertz CT molecular complexity index is 634. The van der Waals surface area contributed by atoms with Gasteiger partial charge in [0.1, 0.15) is 0 Å². The number of benzene rings is 1. The maximum absolute atomic E-state index is 13.6. The first-order valence-corrected chi connectivity index (χ1v) is 8.27. The lowest BCUT2D eigenvalue weighted by Gasteiger charge is -2.10. The minimum atomic E-state index is -4.27. The van der Waals surface area contributed by atoms with Crippen molar-refractivity contribution >= 4 is 25.6 Å². The molecule has 0 aromatic heterocycles. The molecule has 0 aliphatic rings. The van der Waals surface area contributed by atoms with Crippen molar-refractivity contribution in [2.24, 2.45) is 0 Å². The summed E-state index contributed by atoms with van der Waals surface area (Å²) in [6.45, 7) is 3.84. The number of carbonyl (C=O) groups is 1. The average Bonchev–Trinajstić information content (AvgIpc) is 2.35. The predicted molar refractivity (Wildman–Crippen MR) is 72.8 cm³/mol. The maximum atomic E-state index is 13.6. The van der Waals surface area contributed by atoms with Crippen LogP contribution in [0.1, 0.15) is 24.2 Å². The summed E-state index contributed by atoms with van der Waals surface area (Å²) in [5.41, 5.74) is -0.737. The normalized spacial score (nSPS) is 11.7. The highest BCUT2D eigenvalue weighted by atomic mass is 35.7.